The molecule has 0 saturated heterocycles. The van der Waals surface area contributed by atoms with Gasteiger partial charge in [0.15, 0.2) is 0 Å². The van der Waals surface area contributed by atoms with Gasteiger partial charge in [-0.05, 0) is 30.3 Å². The number of halogens is 2. The van der Waals surface area contributed by atoms with E-state index >= 15 is 0 Å². The molecule has 0 fully saturated rings. The number of hydrogen-bond donors (Lipinski definition) is 2. The maximum absolute atomic E-state index is 12.1. The Morgan fingerprint density at radius 3 is 2.37 bits per heavy atom. The van der Waals surface area contributed by atoms with Crippen molar-refractivity contribution in [1.82, 2.24) is 4.98 Å². The largest absolute Gasteiger partial charge is 0.382 e. The number of nitrogen functional groups attached to an aromatic ring is 1. The first-order chi connectivity index (χ1) is 8.88. The van der Waals surface area contributed by atoms with E-state index in [2.05, 4.69) is 9.71 Å². The van der Waals surface area contributed by atoms with Crippen molar-refractivity contribution >= 4 is 44.7 Å². The van der Waals surface area contributed by atoms with Crippen LogP contribution in [0.25, 0.3) is 0 Å². The molecular formula is C11H9Cl2N3O2S. The first kappa shape index (κ1) is 13.9. The second kappa shape index (κ2) is 5.24. The van der Waals surface area contributed by atoms with Crippen LogP contribution >= 0.6 is 23.2 Å². The number of nitrogens with two attached hydrogens (primary N) is 1. The molecule has 0 unspecified atom stereocenters. The van der Waals surface area contributed by atoms with Crippen molar-refractivity contribution in [3.63, 3.8) is 0 Å². The first-order valence-corrected chi connectivity index (χ1v) is 7.32. The van der Waals surface area contributed by atoms with Crippen molar-refractivity contribution in [2.75, 3.05) is 10.5 Å². The van der Waals surface area contributed by atoms with Crippen molar-refractivity contribution in [1.29, 1.82) is 0 Å². The van der Waals surface area contributed by atoms with Crippen LogP contribution in [0.3, 0.4) is 0 Å². The number of benzene rings is 1. The minimum absolute atomic E-state index is 0.0679. The number of anilines is 2. The van der Waals surface area contributed by atoms with Gasteiger partial charge in [0.1, 0.15) is 10.7 Å². The fourth-order valence-electron chi connectivity index (χ4n) is 1.31. The second-order valence-electron chi connectivity index (χ2n) is 3.65. The summed E-state index contributed by atoms with van der Waals surface area (Å²) in [5.41, 5.74) is 5.81. The lowest BCUT2D eigenvalue weighted by atomic mass is 10.3. The fraction of sp³-hybridized carbons (Fsp3) is 0. The topological polar surface area (TPSA) is 85.1 Å². The molecule has 0 bridgehead atoms. The number of nitrogens with zero attached hydrogens (tertiary/aromatic N) is 1. The van der Waals surface area contributed by atoms with Gasteiger partial charge >= 0.3 is 0 Å². The van der Waals surface area contributed by atoms with E-state index in [9.17, 15) is 8.42 Å². The third kappa shape index (κ3) is 3.28. The summed E-state index contributed by atoms with van der Waals surface area (Å²) >= 11 is 11.5. The Morgan fingerprint density at radius 1 is 1.16 bits per heavy atom. The molecule has 0 saturated carbocycles. The number of pyridine rings is 1. The van der Waals surface area contributed by atoms with E-state index in [0.717, 1.165) is 6.20 Å². The minimum Gasteiger partial charge on any atom is -0.382 e. The molecular weight excluding hydrogens is 309 g/mol. The molecule has 5 nitrogen and oxygen atoms in total. The summed E-state index contributed by atoms with van der Waals surface area (Å²) in [6.45, 7) is 0. The van der Waals surface area contributed by atoms with Gasteiger partial charge in [-0.2, -0.15) is 0 Å². The van der Waals surface area contributed by atoms with Crippen molar-refractivity contribution < 1.29 is 8.42 Å². The lowest BCUT2D eigenvalue weighted by Gasteiger charge is -2.08. The molecule has 1 heterocycles. The van der Waals surface area contributed by atoms with Gasteiger partial charge in [-0.3, -0.25) is 4.72 Å². The zero-order chi connectivity index (χ0) is 14.0. The highest BCUT2D eigenvalue weighted by Gasteiger charge is 2.16. The zero-order valence-electron chi connectivity index (χ0n) is 9.47. The highest BCUT2D eigenvalue weighted by atomic mass is 35.5. The van der Waals surface area contributed by atoms with E-state index in [1.807, 2.05) is 0 Å². The van der Waals surface area contributed by atoms with Crippen LogP contribution in [0.5, 0.6) is 0 Å². The van der Waals surface area contributed by atoms with Gasteiger partial charge in [-0.1, -0.05) is 23.2 Å². The van der Waals surface area contributed by atoms with Crippen molar-refractivity contribution in [2.24, 2.45) is 0 Å². The summed E-state index contributed by atoms with van der Waals surface area (Å²) in [5.74, 6) is 0.0760. The second-order valence-corrected chi connectivity index (χ2v) is 6.18. The van der Waals surface area contributed by atoms with Gasteiger partial charge < -0.3 is 5.73 Å². The molecule has 0 aliphatic rings. The van der Waals surface area contributed by atoms with Crippen molar-refractivity contribution in [3.8, 4) is 0 Å². The maximum Gasteiger partial charge on any atom is 0.263 e. The summed E-state index contributed by atoms with van der Waals surface area (Å²) in [5, 5.41) is 0.596. The Labute approximate surface area is 120 Å². The lowest BCUT2D eigenvalue weighted by Crippen LogP contribution is -2.13. The zero-order valence-corrected chi connectivity index (χ0v) is 11.8. The van der Waals surface area contributed by atoms with Gasteiger partial charge in [-0.15, -0.1) is 0 Å². The fourth-order valence-corrected chi connectivity index (χ4v) is 2.70. The van der Waals surface area contributed by atoms with E-state index in [1.165, 1.54) is 6.07 Å². The molecule has 1 aromatic carbocycles. The number of nitrogens with one attached hydrogen (secondary N) is 1. The normalized spacial score (nSPS) is 11.3. The standard InChI is InChI=1S/C11H9Cl2N3O2S/c12-7-1-3-8(4-2-7)16-19(17,18)9-5-10(13)11(14)15-6-9/h1-6,16H,(H2,14,15). The van der Waals surface area contributed by atoms with Crippen molar-refractivity contribution in [3.05, 3.63) is 46.6 Å². The first-order valence-electron chi connectivity index (χ1n) is 5.08. The lowest BCUT2D eigenvalue weighted by molar-refractivity contribution is 0.601. The Kier molecular flexibility index (Phi) is 3.84. The van der Waals surface area contributed by atoms with E-state index in [1.54, 1.807) is 24.3 Å². The molecule has 0 atom stereocenters. The van der Waals surface area contributed by atoms with Gasteiger partial charge in [0.2, 0.25) is 0 Å². The smallest absolute Gasteiger partial charge is 0.263 e. The predicted molar refractivity (Wildman–Crippen MR) is 75.9 cm³/mol. The molecule has 8 heteroatoms. The number of aromatic nitrogens is 1. The molecule has 2 aromatic rings. The molecule has 100 valence electrons. The molecule has 0 aliphatic carbocycles. The van der Waals surface area contributed by atoms with Crippen LogP contribution in [-0.4, -0.2) is 13.4 Å². The minimum atomic E-state index is -3.76. The summed E-state index contributed by atoms with van der Waals surface area (Å²) in [4.78, 5) is 3.64. The molecule has 2 rings (SSSR count). The highest BCUT2D eigenvalue weighted by molar-refractivity contribution is 7.92. The van der Waals surface area contributed by atoms with Crippen molar-refractivity contribution in [2.45, 2.75) is 4.90 Å². The van der Waals surface area contributed by atoms with Gasteiger partial charge in [0.25, 0.3) is 10.0 Å². The summed E-state index contributed by atoms with van der Waals surface area (Å²) in [6.07, 6.45) is 1.14. The molecule has 0 spiro atoms. The Morgan fingerprint density at radius 2 is 1.79 bits per heavy atom. The van der Waals surface area contributed by atoms with Crippen LogP contribution in [0.4, 0.5) is 11.5 Å². The number of hydrogen-bond acceptors (Lipinski definition) is 4. The Balaban J connectivity index is 2.32. The number of sulfonamides is 1. The van der Waals surface area contributed by atoms with E-state index in [-0.39, 0.29) is 15.7 Å². The Bertz CT molecular complexity index is 702. The average Bonchev–Trinajstić information content (AvgIpc) is 2.35. The van der Waals surface area contributed by atoms with Gasteiger partial charge in [0, 0.05) is 16.9 Å². The molecule has 0 radical (unpaired) electrons. The van der Waals surface area contributed by atoms with Crippen LogP contribution in [0.2, 0.25) is 10.0 Å². The maximum atomic E-state index is 12.1. The highest BCUT2D eigenvalue weighted by Crippen LogP contribution is 2.22. The Hall–Kier alpha value is -1.50. The van der Waals surface area contributed by atoms with Gasteiger partial charge in [0.05, 0.1) is 5.02 Å². The molecule has 19 heavy (non-hydrogen) atoms. The molecule has 3 N–H and O–H groups in total. The summed E-state index contributed by atoms with van der Waals surface area (Å²) in [6, 6.07) is 7.49. The van der Waals surface area contributed by atoms with E-state index in [4.69, 9.17) is 28.9 Å². The average molecular weight is 318 g/mol. The monoisotopic (exact) mass is 317 g/mol. The third-order valence-electron chi connectivity index (χ3n) is 2.25. The predicted octanol–water partition coefficient (Wildman–Crippen LogP) is 2.77. The van der Waals surface area contributed by atoms with Gasteiger partial charge in [-0.25, -0.2) is 13.4 Å². The molecule has 0 aliphatic heterocycles. The molecule has 0 amide bonds. The molecule has 1 aromatic heterocycles. The van der Waals surface area contributed by atoms with Crippen LogP contribution in [0, 0.1) is 0 Å². The quantitative estimate of drug-likeness (QED) is 0.911. The van der Waals surface area contributed by atoms with Crippen LogP contribution in [0.15, 0.2) is 41.4 Å². The summed E-state index contributed by atoms with van der Waals surface area (Å²) < 4.78 is 26.5. The SMILES string of the molecule is Nc1ncc(S(=O)(=O)Nc2ccc(Cl)cc2)cc1Cl. The van der Waals surface area contributed by atoms with E-state index in [0.29, 0.717) is 10.7 Å². The van der Waals surface area contributed by atoms with Crippen LogP contribution < -0.4 is 10.5 Å². The van der Waals surface area contributed by atoms with E-state index < -0.39 is 10.0 Å². The summed E-state index contributed by atoms with van der Waals surface area (Å²) in [7, 11) is -3.76. The van der Waals surface area contributed by atoms with Crippen LogP contribution in [-0.2, 0) is 10.0 Å². The van der Waals surface area contributed by atoms with Crippen LogP contribution in [0.1, 0.15) is 0 Å². The number of rotatable bonds is 3. The third-order valence-corrected chi connectivity index (χ3v) is 4.15.